The molecule has 0 bridgehead atoms. The van der Waals surface area contributed by atoms with Crippen molar-refractivity contribution in [2.24, 2.45) is 0 Å². The monoisotopic (exact) mass is 247 g/mol. The lowest BCUT2D eigenvalue weighted by atomic mass is 9.95. The fraction of sp³-hybridized carbons (Fsp3) is 0.562. The zero-order valence-electron chi connectivity index (χ0n) is 12.0. The van der Waals surface area contributed by atoms with Gasteiger partial charge in [0.05, 0.1) is 0 Å². The number of hydrogen-bond donors (Lipinski definition) is 1. The first-order valence-electron chi connectivity index (χ1n) is 6.79. The molecule has 0 aliphatic heterocycles. The van der Waals surface area contributed by atoms with E-state index in [0.717, 1.165) is 25.7 Å². The van der Waals surface area contributed by atoms with Gasteiger partial charge in [0.1, 0.15) is 0 Å². The second-order valence-electron chi connectivity index (χ2n) is 5.59. The Hall–Kier alpha value is -1.31. The highest BCUT2D eigenvalue weighted by molar-refractivity contribution is 5.73. The second kappa shape index (κ2) is 6.58. The molecular weight excluding hydrogens is 222 g/mol. The summed E-state index contributed by atoms with van der Waals surface area (Å²) in [6.45, 7) is 7.90. The highest BCUT2D eigenvalue weighted by Crippen LogP contribution is 2.15. The average molecular weight is 247 g/mol. The number of benzene rings is 1. The van der Waals surface area contributed by atoms with Crippen molar-refractivity contribution in [3.63, 3.8) is 0 Å². The maximum atomic E-state index is 11.1. The van der Waals surface area contributed by atoms with Gasteiger partial charge >= 0.3 is 0 Å². The lowest BCUT2D eigenvalue weighted by molar-refractivity contribution is -0.120. The number of hydrogen-bond acceptors (Lipinski definition) is 1. The largest absolute Gasteiger partial charge is 0.351 e. The van der Waals surface area contributed by atoms with Crippen LogP contribution in [0.25, 0.3) is 0 Å². The number of rotatable bonds is 6. The van der Waals surface area contributed by atoms with Gasteiger partial charge in [-0.1, -0.05) is 31.2 Å². The molecule has 0 aromatic heterocycles. The van der Waals surface area contributed by atoms with E-state index in [1.54, 1.807) is 6.92 Å². The first kappa shape index (κ1) is 14.7. The molecule has 0 heterocycles. The van der Waals surface area contributed by atoms with E-state index in [-0.39, 0.29) is 11.4 Å². The van der Waals surface area contributed by atoms with Crippen LogP contribution >= 0.6 is 0 Å². The summed E-state index contributed by atoms with van der Waals surface area (Å²) in [6, 6.07) is 8.83. The van der Waals surface area contributed by atoms with Gasteiger partial charge < -0.3 is 5.32 Å². The summed E-state index contributed by atoms with van der Waals surface area (Å²) >= 11 is 0. The van der Waals surface area contributed by atoms with Crippen molar-refractivity contribution in [1.29, 1.82) is 0 Å². The molecule has 0 radical (unpaired) electrons. The molecule has 0 atom stereocenters. The minimum absolute atomic E-state index is 0.0484. The predicted molar refractivity (Wildman–Crippen MR) is 76.7 cm³/mol. The van der Waals surface area contributed by atoms with Gasteiger partial charge in [-0.05, 0) is 50.7 Å². The van der Waals surface area contributed by atoms with E-state index < -0.39 is 0 Å². The molecule has 1 amide bonds. The molecule has 2 heteroatoms. The van der Waals surface area contributed by atoms with E-state index >= 15 is 0 Å². The molecule has 100 valence electrons. The molecule has 1 rings (SSSR count). The smallest absolute Gasteiger partial charge is 0.217 e. The van der Waals surface area contributed by atoms with Crippen molar-refractivity contribution in [3.05, 3.63) is 35.4 Å². The number of carbonyl (C=O) groups is 1. The Morgan fingerprint density at radius 3 is 2.22 bits per heavy atom. The SMILES string of the molecule is CCc1ccc(CCCC(C)(C)NC(C)=O)cc1. The van der Waals surface area contributed by atoms with Gasteiger partial charge in [-0.15, -0.1) is 0 Å². The Labute approximate surface area is 111 Å². The normalized spacial score (nSPS) is 11.3. The van der Waals surface area contributed by atoms with Crippen LogP contribution < -0.4 is 5.32 Å². The van der Waals surface area contributed by atoms with Crippen molar-refractivity contribution >= 4 is 5.91 Å². The van der Waals surface area contributed by atoms with Gasteiger partial charge in [-0.25, -0.2) is 0 Å². The maximum Gasteiger partial charge on any atom is 0.217 e. The molecule has 18 heavy (non-hydrogen) atoms. The fourth-order valence-corrected chi connectivity index (χ4v) is 2.22. The van der Waals surface area contributed by atoms with Crippen molar-refractivity contribution in [1.82, 2.24) is 5.32 Å². The summed E-state index contributed by atoms with van der Waals surface area (Å²) in [6.07, 6.45) is 4.27. The first-order chi connectivity index (χ1) is 8.43. The van der Waals surface area contributed by atoms with E-state index in [1.807, 2.05) is 0 Å². The van der Waals surface area contributed by atoms with Crippen LogP contribution in [0.4, 0.5) is 0 Å². The zero-order valence-corrected chi connectivity index (χ0v) is 12.0. The molecule has 0 aliphatic rings. The van der Waals surface area contributed by atoms with Crippen LogP contribution in [-0.4, -0.2) is 11.4 Å². The highest BCUT2D eigenvalue weighted by atomic mass is 16.1. The fourth-order valence-electron chi connectivity index (χ4n) is 2.22. The van der Waals surface area contributed by atoms with Crippen molar-refractivity contribution < 1.29 is 4.79 Å². The van der Waals surface area contributed by atoms with Gasteiger partial charge in [0.25, 0.3) is 0 Å². The second-order valence-corrected chi connectivity index (χ2v) is 5.59. The van der Waals surface area contributed by atoms with E-state index in [9.17, 15) is 4.79 Å². The van der Waals surface area contributed by atoms with E-state index in [4.69, 9.17) is 0 Å². The molecule has 0 aliphatic carbocycles. The summed E-state index contributed by atoms with van der Waals surface area (Å²) < 4.78 is 0. The Morgan fingerprint density at radius 2 is 1.72 bits per heavy atom. The zero-order chi connectivity index (χ0) is 13.6. The lowest BCUT2D eigenvalue weighted by Crippen LogP contribution is -2.42. The van der Waals surface area contributed by atoms with E-state index in [0.29, 0.717) is 0 Å². The molecule has 2 nitrogen and oxygen atoms in total. The Balaban J connectivity index is 2.38. The number of amides is 1. The summed E-state index contributed by atoms with van der Waals surface area (Å²) in [5, 5.41) is 2.98. The van der Waals surface area contributed by atoms with Crippen LogP contribution in [0.1, 0.15) is 51.7 Å². The van der Waals surface area contributed by atoms with Crippen molar-refractivity contribution in [2.45, 2.75) is 58.9 Å². The summed E-state index contributed by atoms with van der Waals surface area (Å²) in [7, 11) is 0. The quantitative estimate of drug-likeness (QED) is 0.819. The van der Waals surface area contributed by atoms with Gasteiger partial charge in [0, 0.05) is 12.5 Å². The molecular formula is C16H25NO. The van der Waals surface area contributed by atoms with Crippen LogP contribution in [0.15, 0.2) is 24.3 Å². The first-order valence-corrected chi connectivity index (χ1v) is 6.79. The third kappa shape index (κ3) is 5.35. The standard InChI is InChI=1S/C16H25NO/c1-5-14-8-10-15(11-9-14)7-6-12-16(3,4)17-13(2)18/h8-11H,5-7,12H2,1-4H3,(H,17,18). The van der Waals surface area contributed by atoms with Crippen LogP contribution in [0.2, 0.25) is 0 Å². The summed E-state index contributed by atoms with van der Waals surface area (Å²) in [4.78, 5) is 11.1. The maximum absolute atomic E-state index is 11.1. The Morgan fingerprint density at radius 1 is 1.17 bits per heavy atom. The Kier molecular flexibility index (Phi) is 5.39. The third-order valence-electron chi connectivity index (χ3n) is 3.21. The van der Waals surface area contributed by atoms with E-state index in [2.05, 4.69) is 50.4 Å². The number of carbonyl (C=O) groups excluding carboxylic acids is 1. The molecule has 0 spiro atoms. The molecule has 0 unspecified atom stereocenters. The van der Waals surface area contributed by atoms with Crippen molar-refractivity contribution in [3.8, 4) is 0 Å². The topological polar surface area (TPSA) is 29.1 Å². The third-order valence-corrected chi connectivity index (χ3v) is 3.21. The number of aryl methyl sites for hydroxylation is 2. The molecule has 0 saturated carbocycles. The van der Waals surface area contributed by atoms with Gasteiger partial charge in [-0.3, -0.25) is 4.79 Å². The van der Waals surface area contributed by atoms with E-state index in [1.165, 1.54) is 11.1 Å². The predicted octanol–water partition coefficient (Wildman–Crippen LogP) is 3.49. The van der Waals surface area contributed by atoms with Crippen LogP contribution in [0.3, 0.4) is 0 Å². The van der Waals surface area contributed by atoms with Crippen LogP contribution in [0.5, 0.6) is 0 Å². The van der Waals surface area contributed by atoms with Crippen LogP contribution in [0, 0.1) is 0 Å². The minimum atomic E-state index is -0.102. The van der Waals surface area contributed by atoms with Gasteiger partial charge in [0.15, 0.2) is 0 Å². The highest BCUT2D eigenvalue weighted by Gasteiger charge is 2.17. The van der Waals surface area contributed by atoms with Gasteiger partial charge in [0.2, 0.25) is 5.91 Å². The van der Waals surface area contributed by atoms with Crippen molar-refractivity contribution in [2.75, 3.05) is 0 Å². The molecule has 0 fully saturated rings. The van der Waals surface area contributed by atoms with Crippen LogP contribution in [-0.2, 0) is 17.6 Å². The molecule has 1 N–H and O–H groups in total. The minimum Gasteiger partial charge on any atom is -0.351 e. The molecule has 1 aromatic rings. The average Bonchev–Trinajstić information content (AvgIpc) is 2.28. The molecule has 1 aromatic carbocycles. The summed E-state index contributed by atoms with van der Waals surface area (Å²) in [5.41, 5.74) is 2.66. The lowest BCUT2D eigenvalue weighted by Gasteiger charge is -2.25. The molecule has 0 saturated heterocycles. The number of nitrogens with one attached hydrogen (secondary N) is 1. The van der Waals surface area contributed by atoms with Gasteiger partial charge in [-0.2, -0.15) is 0 Å². The Bertz CT molecular complexity index is 379. The summed E-state index contributed by atoms with van der Waals surface area (Å²) in [5.74, 6) is 0.0484.